The molecule has 0 aliphatic heterocycles. The maximum Gasteiger partial charge on any atom is 0.277 e. The number of hydrazine groups is 1. The molecule has 0 spiro atoms. The predicted octanol–water partition coefficient (Wildman–Crippen LogP) is 2.23. The second-order valence-electron chi connectivity index (χ2n) is 4.64. The monoisotopic (exact) mass is 364 g/mol. The minimum atomic E-state index is -0.966. The Bertz CT molecular complexity index is 853. The van der Waals surface area contributed by atoms with Gasteiger partial charge in [-0.15, -0.1) is 0 Å². The van der Waals surface area contributed by atoms with Gasteiger partial charge in [0.2, 0.25) is 0 Å². The quantitative estimate of drug-likeness (QED) is 0.628. The van der Waals surface area contributed by atoms with E-state index in [0.29, 0.717) is 0 Å². The molecular weight excluding hydrogens is 356 g/mol. The first-order chi connectivity index (χ1) is 11.8. The van der Waals surface area contributed by atoms with Gasteiger partial charge < -0.3 is 0 Å². The summed E-state index contributed by atoms with van der Waals surface area (Å²) in [6.45, 7) is 0. The average Bonchev–Trinajstić information content (AvgIpc) is 2.59. The van der Waals surface area contributed by atoms with Gasteiger partial charge >= 0.3 is 0 Å². The molecule has 0 fully saturated rings. The molecule has 2 N–H and O–H groups in total. The molecule has 0 saturated carbocycles. The lowest BCUT2D eigenvalue weighted by molar-refractivity contribution is -0.394. The van der Waals surface area contributed by atoms with Crippen molar-refractivity contribution in [3.63, 3.8) is 0 Å². The van der Waals surface area contributed by atoms with E-state index in [4.69, 9.17) is 11.6 Å². The van der Waals surface area contributed by atoms with E-state index in [1.165, 1.54) is 12.1 Å². The van der Waals surface area contributed by atoms with E-state index in [2.05, 4.69) is 5.43 Å². The minimum absolute atomic E-state index is 0.0921. The first-order valence-electron chi connectivity index (χ1n) is 6.58. The molecule has 2 aromatic rings. The molecule has 0 aromatic heterocycles. The highest BCUT2D eigenvalue weighted by Crippen LogP contribution is 2.22. The fourth-order valence-corrected chi connectivity index (χ4v) is 2.06. The van der Waals surface area contributed by atoms with Gasteiger partial charge in [-0.25, -0.2) is 0 Å². The number of halogens is 1. The number of nitrogens with one attached hydrogen (secondary N) is 2. The summed E-state index contributed by atoms with van der Waals surface area (Å²) in [5.41, 5.74) is 2.56. The SMILES string of the molecule is O=C(NNC(=O)c1ccccc1Cl)c1cc([N+](=O)[O-])cc([N+](=O)[O-])c1. The van der Waals surface area contributed by atoms with Crippen LogP contribution in [0.1, 0.15) is 20.7 Å². The highest BCUT2D eigenvalue weighted by atomic mass is 35.5. The molecule has 25 heavy (non-hydrogen) atoms. The van der Waals surface area contributed by atoms with Gasteiger partial charge in [0.25, 0.3) is 23.2 Å². The van der Waals surface area contributed by atoms with Gasteiger partial charge in [0.15, 0.2) is 0 Å². The number of rotatable bonds is 4. The van der Waals surface area contributed by atoms with E-state index >= 15 is 0 Å². The third-order valence-electron chi connectivity index (χ3n) is 2.99. The van der Waals surface area contributed by atoms with Crippen LogP contribution in [0, 0.1) is 20.2 Å². The number of hydrogen-bond acceptors (Lipinski definition) is 6. The summed E-state index contributed by atoms with van der Waals surface area (Å²) in [6, 6.07) is 8.49. The molecule has 2 amide bonds. The van der Waals surface area contributed by atoms with Crippen LogP contribution in [0.3, 0.4) is 0 Å². The third-order valence-corrected chi connectivity index (χ3v) is 3.32. The molecule has 0 aliphatic carbocycles. The van der Waals surface area contributed by atoms with E-state index in [9.17, 15) is 29.8 Å². The first-order valence-corrected chi connectivity index (χ1v) is 6.96. The van der Waals surface area contributed by atoms with Crippen molar-refractivity contribution >= 4 is 34.8 Å². The van der Waals surface area contributed by atoms with E-state index in [-0.39, 0.29) is 16.1 Å². The number of carbonyl (C=O) groups excluding carboxylic acids is 2. The maximum absolute atomic E-state index is 12.0. The Hall–Kier alpha value is -3.53. The molecule has 11 heteroatoms. The Morgan fingerprint density at radius 1 is 0.880 bits per heavy atom. The molecule has 0 bridgehead atoms. The van der Waals surface area contributed by atoms with Crippen molar-refractivity contribution in [1.82, 2.24) is 10.9 Å². The van der Waals surface area contributed by atoms with Gasteiger partial charge in [0.05, 0.1) is 32.1 Å². The van der Waals surface area contributed by atoms with Crippen molar-refractivity contribution in [3.05, 3.63) is 78.8 Å². The van der Waals surface area contributed by atoms with Gasteiger partial charge in [0.1, 0.15) is 0 Å². The largest absolute Gasteiger partial charge is 0.277 e. The number of hydrogen-bond donors (Lipinski definition) is 2. The lowest BCUT2D eigenvalue weighted by Gasteiger charge is -2.08. The number of non-ortho nitro benzene ring substituents is 2. The smallest absolute Gasteiger partial charge is 0.267 e. The van der Waals surface area contributed by atoms with Gasteiger partial charge in [-0.3, -0.25) is 40.7 Å². The standard InChI is InChI=1S/C14H9ClN4O6/c15-12-4-2-1-3-11(12)14(21)17-16-13(20)8-5-9(18(22)23)7-10(6-8)19(24)25/h1-7H,(H,16,20)(H,17,21). The molecule has 0 radical (unpaired) electrons. The van der Waals surface area contributed by atoms with Crippen molar-refractivity contribution in [2.75, 3.05) is 0 Å². The number of amides is 2. The van der Waals surface area contributed by atoms with E-state index < -0.39 is 33.0 Å². The van der Waals surface area contributed by atoms with Crippen LogP contribution in [0.15, 0.2) is 42.5 Å². The number of nitro benzene ring substituents is 2. The Balaban J connectivity index is 2.18. The lowest BCUT2D eigenvalue weighted by Crippen LogP contribution is -2.41. The Morgan fingerprint density at radius 3 is 1.92 bits per heavy atom. The van der Waals surface area contributed by atoms with Crippen LogP contribution in [0.25, 0.3) is 0 Å². The summed E-state index contributed by atoms with van der Waals surface area (Å²) >= 11 is 5.84. The van der Waals surface area contributed by atoms with Crippen LogP contribution < -0.4 is 10.9 Å². The second kappa shape index (κ2) is 7.36. The van der Waals surface area contributed by atoms with Crippen molar-refractivity contribution in [3.8, 4) is 0 Å². The zero-order valence-corrected chi connectivity index (χ0v) is 13.0. The van der Waals surface area contributed by atoms with E-state index in [1.54, 1.807) is 12.1 Å². The molecule has 0 saturated heterocycles. The molecule has 0 heterocycles. The second-order valence-corrected chi connectivity index (χ2v) is 5.05. The molecule has 0 unspecified atom stereocenters. The zero-order chi connectivity index (χ0) is 18.6. The molecular formula is C14H9ClN4O6. The number of carbonyl (C=O) groups is 2. The van der Waals surface area contributed by atoms with Crippen LogP contribution in [-0.4, -0.2) is 21.7 Å². The van der Waals surface area contributed by atoms with Crippen LogP contribution in [0.4, 0.5) is 11.4 Å². The summed E-state index contributed by atoms with van der Waals surface area (Å²) in [7, 11) is 0. The van der Waals surface area contributed by atoms with Crippen LogP contribution in [0.5, 0.6) is 0 Å². The summed E-state index contributed by atoms with van der Waals surface area (Å²) in [4.78, 5) is 43.8. The number of nitro groups is 2. The number of benzene rings is 2. The van der Waals surface area contributed by atoms with E-state index in [0.717, 1.165) is 18.2 Å². The summed E-state index contributed by atoms with van der Waals surface area (Å²) in [5.74, 6) is -1.69. The minimum Gasteiger partial charge on any atom is -0.267 e. The van der Waals surface area contributed by atoms with Crippen molar-refractivity contribution in [2.45, 2.75) is 0 Å². The Labute approximate surface area is 144 Å². The summed E-state index contributed by atoms with van der Waals surface area (Å²) in [5, 5.41) is 21.8. The zero-order valence-electron chi connectivity index (χ0n) is 12.3. The van der Waals surface area contributed by atoms with Crippen molar-refractivity contribution in [2.24, 2.45) is 0 Å². The highest BCUT2D eigenvalue weighted by molar-refractivity contribution is 6.33. The van der Waals surface area contributed by atoms with E-state index in [1.807, 2.05) is 5.43 Å². The molecule has 2 aromatic carbocycles. The van der Waals surface area contributed by atoms with Crippen LogP contribution in [0.2, 0.25) is 5.02 Å². The average molecular weight is 365 g/mol. The van der Waals surface area contributed by atoms with Gasteiger partial charge in [-0.05, 0) is 12.1 Å². The Kier molecular flexibility index (Phi) is 5.25. The van der Waals surface area contributed by atoms with Crippen LogP contribution >= 0.6 is 11.6 Å². The maximum atomic E-state index is 12.0. The molecule has 2 rings (SSSR count). The predicted molar refractivity (Wildman–Crippen MR) is 86.1 cm³/mol. The van der Waals surface area contributed by atoms with Gasteiger partial charge in [0, 0.05) is 12.1 Å². The molecule has 128 valence electrons. The summed E-state index contributed by atoms with van der Waals surface area (Å²) in [6.07, 6.45) is 0. The number of nitrogens with zero attached hydrogens (tertiary/aromatic N) is 2. The fourth-order valence-electron chi connectivity index (χ4n) is 1.84. The lowest BCUT2D eigenvalue weighted by atomic mass is 10.1. The normalized spacial score (nSPS) is 9.96. The third kappa shape index (κ3) is 4.26. The van der Waals surface area contributed by atoms with Gasteiger partial charge in [-0.1, -0.05) is 23.7 Å². The molecule has 0 atom stereocenters. The fraction of sp³-hybridized carbons (Fsp3) is 0. The Morgan fingerprint density at radius 2 is 1.40 bits per heavy atom. The molecule has 10 nitrogen and oxygen atoms in total. The van der Waals surface area contributed by atoms with Crippen molar-refractivity contribution in [1.29, 1.82) is 0 Å². The summed E-state index contributed by atoms with van der Waals surface area (Å²) < 4.78 is 0. The van der Waals surface area contributed by atoms with Gasteiger partial charge in [-0.2, -0.15) is 0 Å². The first kappa shape index (κ1) is 17.8. The topological polar surface area (TPSA) is 144 Å². The van der Waals surface area contributed by atoms with Crippen molar-refractivity contribution < 1.29 is 19.4 Å². The molecule has 0 aliphatic rings. The van der Waals surface area contributed by atoms with Crippen LogP contribution in [-0.2, 0) is 0 Å². The highest BCUT2D eigenvalue weighted by Gasteiger charge is 2.20.